The second-order valence-electron chi connectivity index (χ2n) is 3.45. The van der Waals surface area contributed by atoms with E-state index in [-0.39, 0.29) is 5.92 Å². The Morgan fingerprint density at radius 2 is 2.21 bits per heavy atom. The molecule has 1 aromatic carbocycles. The predicted octanol–water partition coefficient (Wildman–Crippen LogP) is 1.89. The Hall–Kier alpha value is -1.35. The van der Waals surface area contributed by atoms with Crippen LogP contribution in [0, 0.1) is 0 Å². The zero-order chi connectivity index (χ0) is 9.97. The molecule has 1 saturated heterocycles. The van der Waals surface area contributed by atoms with E-state index in [9.17, 15) is 4.79 Å². The quantitative estimate of drug-likeness (QED) is 0.778. The standard InChI is InChI=1S/C11H12O3/c12-11(13)10-4-2-1-3-9(10)8-5-6-14-7-8/h1-4,8H,5-7H2,(H,12,13)/t8-/m1/s1. The molecular formula is C11H12O3. The normalized spacial score (nSPS) is 21.0. The van der Waals surface area contributed by atoms with Crippen molar-refractivity contribution in [1.29, 1.82) is 0 Å². The third-order valence-electron chi connectivity index (χ3n) is 2.56. The highest BCUT2D eigenvalue weighted by Gasteiger charge is 2.22. The lowest BCUT2D eigenvalue weighted by atomic mass is 9.94. The van der Waals surface area contributed by atoms with Crippen LogP contribution in [0.15, 0.2) is 24.3 Å². The number of aromatic carboxylic acids is 1. The van der Waals surface area contributed by atoms with Gasteiger partial charge in [-0.25, -0.2) is 4.79 Å². The van der Waals surface area contributed by atoms with Crippen LogP contribution in [0.3, 0.4) is 0 Å². The van der Waals surface area contributed by atoms with E-state index in [4.69, 9.17) is 9.84 Å². The Kier molecular flexibility index (Phi) is 2.50. The van der Waals surface area contributed by atoms with E-state index in [0.29, 0.717) is 12.2 Å². The lowest BCUT2D eigenvalue weighted by Gasteiger charge is -2.10. The van der Waals surface area contributed by atoms with Gasteiger partial charge in [0, 0.05) is 12.5 Å². The highest BCUT2D eigenvalue weighted by atomic mass is 16.5. The summed E-state index contributed by atoms with van der Waals surface area (Å²) < 4.78 is 5.25. The summed E-state index contributed by atoms with van der Waals surface area (Å²) in [5.41, 5.74) is 1.31. The second-order valence-corrected chi connectivity index (χ2v) is 3.45. The van der Waals surface area contributed by atoms with E-state index in [1.54, 1.807) is 12.1 Å². The summed E-state index contributed by atoms with van der Waals surface area (Å²) in [5, 5.41) is 8.99. The third-order valence-corrected chi connectivity index (χ3v) is 2.56. The maximum Gasteiger partial charge on any atom is 0.335 e. The third kappa shape index (κ3) is 1.63. The van der Waals surface area contributed by atoms with E-state index >= 15 is 0 Å². The number of hydrogen-bond donors (Lipinski definition) is 1. The van der Waals surface area contributed by atoms with Crippen molar-refractivity contribution in [1.82, 2.24) is 0 Å². The van der Waals surface area contributed by atoms with Crippen molar-refractivity contribution in [3.63, 3.8) is 0 Å². The Morgan fingerprint density at radius 3 is 2.86 bits per heavy atom. The minimum absolute atomic E-state index is 0.252. The summed E-state index contributed by atoms with van der Waals surface area (Å²) >= 11 is 0. The minimum atomic E-state index is -0.854. The lowest BCUT2D eigenvalue weighted by molar-refractivity contribution is 0.0695. The van der Waals surface area contributed by atoms with Gasteiger partial charge in [0.15, 0.2) is 0 Å². The first-order valence-electron chi connectivity index (χ1n) is 4.69. The molecule has 0 radical (unpaired) electrons. The van der Waals surface area contributed by atoms with Crippen molar-refractivity contribution in [2.45, 2.75) is 12.3 Å². The predicted molar refractivity (Wildman–Crippen MR) is 51.6 cm³/mol. The Balaban J connectivity index is 2.35. The van der Waals surface area contributed by atoms with Gasteiger partial charge in [0.05, 0.1) is 12.2 Å². The van der Waals surface area contributed by atoms with Gasteiger partial charge in [-0.15, -0.1) is 0 Å². The number of carboxylic acid groups (broad SMARTS) is 1. The molecule has 1 aromatic rings. The highest BCUT2D eigenvalue weighted by molar-refractivity contribution is 5.89. The Labute approximate surface area is 82.3 Å². The summed E-state index contributed by atoms with van der Waals surface area (Å²) in [6, 6.07) is 7.15. The molecule has 1 atom stereocenters. The van der Waals surface area contributed by atoms with E-state index in [1.165, 1.54) is 0 Å². The summed E-state index contributed by atoms with van der Waals surface area (Å²) in [6.45, 7) is 1.38. The summed E-state index contributed by atoms with van der Waals surface area (Å²) in [6.07, 6.45) is 0.921. The van der Waals surface area contributed by atoms with Crippen molar-refractivity contribution < 1.29 is 14.6 Å². The molecule has 0 aliphatic carbocycles. The minimum Gasteiger partial charge on any atom is -0.478 e. The van der Waals surface area contributed by atoms with Crippen molar-refractivity contribution in [2.24, 2.45) is 0 Å². The molecule has 0 bridgehead atoms. The van der Waals surface area contributed by atoms with E-state index in [2.05, 4.69) is 0 Å². The molecule has 74 valence electrons. The monoisotopic (exact) mass is 192 g/mol. The van der Waals surface area contributed by atoms with Gasteiger partial charge in [-0.2, -0.15) is 0 Å². The molecule has 2 rings (SSSR count). The fourth-order valence-electron chi connectivity index (χ4n) is 1.83. The summed E-state index contributed by atoms with van der Waals surface area (Å²) in [5.74, 6) is -0.602. The number of carboxylic acids is 1. The molecular weight excluding hydrogens is 180 g/mol. The van der Waals surface area contributed by atoms with Gasteiger partial charge in [0.2, 0.25) is 0 Å². The zero-order valence-electron chi connectivity index (χ0n) is 7.77. The van der Waals surface area contributed by atoms with Gasteiger partial charge in [-0.1, -0.05) is 18.2 Å². The number of carbonyl (C=O) groups is 1. The average Bonchev–Trinajstić information content (AvgIpc) is 2.70. The maximum absolute atomic E-state index is 10.9. The zero-order valence-corrected chi connectivity index (χ0v) is 7.77. The van der Waals surface area contributed by atoms with Gasteiger partial charge >= 0.3 is 5.97 Å². The fourth-order valence-corrected chi connectivity index (χ4v) is 1.83. The number of rotatable bonds is 2. The molecule has 0 amide bonds. The summed E-state index contributed by atoms with van der Waals surface area (Å²) in [7, 11) is 0. The van der Waals surface area contributed by atoms with Gasteiger partial charge in [-0.05, 0) is 18.1 Å². The van der Waals surface area contributed by atoms with Crippen molar-refractivity contribution >= 4 is 5.97 Å². The maximum atomic E-state index is 10.9. The number of ether oxygens (including phenoxy) is 1. The molecule has 1 N–H and O–H groups in total. The van der Waals surface area contributed by atoms with Crippen LogP contribution in [0.5, 0.6) is 0 Å². The van der Waals surface area contributed by atoms with Crippen LogP contribution in [0.2, 0.25) is 0 Å². The molecule has 3 nitrogen and oxygen atoms in total. The number of hydrogen-bond acceptors (Lipinski definition) is 2. The molecule has 3 heteroatoms. The largest absolute Gasteiger partial charge is 0.478 e. The molecule has 1 aliphatic heterocycles. The first-order valence-corrected chi connectivity index (χ1v) is 4.69. The van der Waals surface area contributed by atoms with Gasteiger partial charge in [0.1, 0.15) is 0 Å². The second kappa shape index (κ2) is 3.80. The van der Waals surface area contributed by atoms with Crippen molar-refractivity contribution in [3.8, 4) is 0 Å². The van der Waals surface area contributed by atoms with Crippen LogP contribution in [0.4, 0.5) is 0 Å². The molecule has 1 aliphatic rings. The Bertz CT molecular complexity index is 340. The SMILES string of the molecule is O=C(O)c1ccccc1[C@@H]1CCOC1. The fraction of sp³-hybridized carbons (Fsp3) is 0.364. The number of benzene rings is 1. The van der Waals surface area contributed by atoms with Gasteiger partial charge in [-0.3, -0.25) is 0 Å². The molecule has 1 heterocycles. The smallest absolute Gasteiger partial charge is 0.335 e. The molecule has 14 heavy (non-hydrogen) atoms. The summed E-state index contributed by atoms with van der Waals surface area (Å²) in [4.78, 5) is 10.9. The van der Waals surface area contributed by atoms with Gasteiger partial charge in [0.25, 0.3) is 0 Å². The van der Waals surface area contributed by atoms with Crippen LogP contribution in [0.25, 0.3) is 0 Å². The van der Waals surface area contributed by atoms with Crippen molar-refractivity contribution in [3.05, 3.63) is 35.4 Å². The van der Waals surface area contributed by atoms with Crippen molar-refractivity contribution in [2.75, 3.05) is 13.2 Å². The molecule has 1 fully saturated rings. The molecule has 0 saturated carbocycles. The molecule has 0 unspecified atom stereocenters. The van der Waals surface area contributed by atoms with E-state index < -0.39 is 5.97 Å². The topological polar surface area (TPSA) is 46.5 Å². The lowest BCUT2D eigenvalue weighted by Crippen LogP contribution is -2.07. The highest BCUT2D eigenvalue weighted by Crippen LogP contribution is 2.27. The van der Waals surface area contributed by atoms with Gasteiger partial charge < -0.3 is 9.84 Å². The van der Waals surface area contributed by atoms with E-state index in [0.717, 1.165) is 18.6 Å². The van der Waals surface area contributed by atoms with Crippen LogP contribution in [0.1, 0.15) is 28.3 Å². The van der Waals surface area contributed by atoms with Crippen LogP contribution < -0.4 is 0 Å². The molecule has 0 aromatic heterocycles. The van der Waals surface area contributed by atoms with Crippen LogP contribution in [-0.2, 0) is 4.74 Å². The first-order chi connectivity index (χ1) is 6.79. The Morgan fingerprint density at radius 1 is 1.43 bits per heavy atom. The molecule has 0 spiro atoms. The van der Waals surface area contributed by atoms with E-state index in [1.807, 2.05) is 12.1 Å². The average molecular weight is 192 g/mol. The first kappa shape index (κ1) is 9.21. The van der Waals surface area contributed by atoms with Crippen LogP contribution >= 0.6 is 0 Å². The van der Waals surface area contributed by atoms with Crippen LogP contribution in [-0.4, -0.2) is 24.3 Å².